The molecule has 0 spiro atoms. The van der Waals surface area contributed by atoms with E-state index in [4.69, 9.17) is 14.7 Å². The minimum atomic E-state index is -1.26. The van der Waals surface area contributed by atoms with Crippen molar-refractivity contribution in [1.82, 2.24) is 15.0 Å². The SMILES string of the molecule is O.O=C(O)C=CC(=O)O.Oc1ccc2c(c1)CN(CCN1CCC(c3noc4cc(F)ccc34)CC1)C2. The van der Waals surface area contributed by atoms with Gasteiger partial charge in [-0.15, -0.1) is 0 Å². The molecule has 3 heterocycles. The van der Waals surface area contributed by atoms with E-state index in [1.54, 1.807) is 12.1 Å². The number of likely N-dealkylation sites (tertiary alicyclic amines) is 1. The summed E-state index contributed by atoms with van der Waals surface area (Å²) in [7, 11) is 0. The Hall–Kier alpha value is -3.80. The van der Waals surface area contributed by atoms with E-state index in [1.807, 2.05) is 12.1 Å². The van der Waals surface area contributed by atoms with E-state index in [1.165, 1.54) is 23.3 Å². The number of aromatic hydroxyl groups is 1. The number of nitrogens with zero attached hydrogens (tertiary/aromatic N) is 3. The Labute approximate surface area is 212 Å². The van der Waals surface area contributed by atoms with Gasteiger partial charge in [-0.1, -0.05) is 11.2 Å². The fourth-order valence-corrected chi connectivity index (χ4v) is 4.69. The summed E-state index contributed by atoms with van der Waals surface area (Å²) in [6.07, 6.45) is 3.21. The first kappa shape index (κ1) is 27.8. The zero-order valence-electron chi connectivity index (χ0n) is 20.1. The molecular weight excluding hydrogens is 485 g/mol. The van der Waals surface area contributed by atoms with Crippen molar-refractivity contribution in [2.45, 2.75) is 31.8 Å². The van der Waals surface area contributed by atoms with Crippen LogP contribution in [0.1, 0.15) is 35.6 Å². The van der Waals surface area contributed by atoms with Crippen molar-refractivity contribution in [2.75, 3.05) is 26.2 Å². The van der Waals surface area contributed by atoms with Gasteiger partial charge in [0.05, 0.1) is 5.69 Å². The molecule has 0 aliphatic carbocycles. The van der Waals surface area contributed by atoms with Gasteiger partial charge in [0.1, 0.15) is 11.6 Å². The van der Waals surface area contributed by atoms with Crippen LogP contribution in [0.3, 0.4) is 0 Å². The molecular formula is C26H30FN3O7. The summed E-state index contributed by atoms with van der Waals surface area (Å²) >= 11 is 0. The number of hydrogen-bond donors (Lipinski definition) is 3. The lowest BCUT2D eigenvalue weighted by molar-refractivity contribution is -0.134. The van der Waals surface area contributed by atoms with Crippen molar-refractivity contribution in [3.63, 3.8) is 0 Å². The predicted molar refractivity (Wildman–Crippen MR) is 133 cm³/mol. The lowest BCUT2D eigenvalue weighted by Crippen LogP contribution is -2.38. The molecule has 5 rings (SSSR count). The molecule has 3 aromatic rings. The highest BCUT2D eigenvalue weighted by Gasteiger charge is 2.26. The van der Waals surface area contributed by atoms with Crippen LogP contribution in [-0.4, -0.2) is 73.9 Å². The highest BCUT2D eigenvalue weighted by atomic mass is 19.1. The third-order valence-corrected chi connectivity index (χ3v) is 6.51. The number of piperidine rings is 1. The number of carbonyl (C=O) groups is 2. The smallest absolute Gasteiger partial charge is 0.328 e. The van der Waals surface area contributed by atoms with Gasteiger partial charge in [0.25, 0.3) is 0 Å². The third kappa shape index (κ3) is 7.35. The zero-order chi connectivity index (χ0) is 25.7. The number of halogens is 1. The molecule has 0 bridgehead atoms. The Balaban J connectivity index is 0.000000370. The maximum absolute atomic E-state index is 13.3. The van der Waals surface area contributed by atoms with Gasteiger partial charge in [0, 0.05) is 55.7 Å². The Morgan fingerprint density at radius 3 is 2.30 bits per heavy atom. The highest BCUT2D eigenvalue weighted by molar-refractivity contribution is 5.89. The number of fused-ring (bicyclic) bond motifs is 2. The van der Waals surface area contributed by atoms with Crippen molar-refractivity contribution < 1.29 is 39.3 Å². The number of aliphatic carboxylic acids is 2. The molecule has 0 radical (unpaired) electrons. The summed E-state index contributed by atoms with van der Waals surface area (Å²) in [4.78, 5) is 24.1. The summed E-state index contributed by atoms with van der Waals surface area (Å²) in [5, 5.41) is 30.4. The Kier molecular flexibility index (Phi) is 9.34. The second-order valence-electron chi connectivity index (χ2n) is 9.00. The predicted octanol–water partition coefficient (Wildman–Crippen LogP) is 2.75. The van der Waals surface area contributed by atoms with Crippen LogP contribution in [0.5, 0.6) is 5.75 Å². The maximum Gasteiger partial charge on any atom is 0.328 e. The van der Waals surface area contributed by atoms with Crippen LogP contribution in [0.4, 0.5) is 4.39 Å². The number of benzene rings is 2. The Bertz CT molecular complexity index is 1250. The number of aromatic nitrogens is 1. The molecule has 1 fully saturated rings. The molecule has 10 nitrogen and oxygen atoms in total. The average Bonchev–Trinajstić information content (AvgIpc) is 3.45. The molecule has 5 N–H and O–H groups in total. The average molecular weight is 516 g/mol. The standard InChI is InChI=1S/C22H24FN3O2.C4H4O4.H2O/c23-18-2-4-20-21(12-18)28-24-22(20)15-5-7-25(8-6-15)9-10-26-13-16-1-3-19(27)11-17(16)14-26;5-3(6)1-2-4(7)8;/h1-4,11-12,15,27H,5-10,13-14H2;1-2H,(H,5,6)(H,7,8);1H2. The summed E-state index contributed by atoms with van der Waals surface area (Å²) < 4.78 is 18.7. The number of carboxylic acid groups (broad SMARTS) is 2. The first-order valence-corrected chi connectivity index (χ1v) is 11.7. The van der Waals surface area contributed by atoms with E-state index in [2.05, 4.69) is 15.0 Å². The lowest BCUT2D eigenvalue weighted by atomic mass is 9.91. The van der Waals surface area contributed by atoms with Gasteiger partial charge in [0.2, 0.25) is 0 Å². The van der Waals surface area contributed by atoms with Crippen LogP contribution in [0.2, 0.25) is 0 Å². The van der Waals surface area contributed by atoms with Gasteiger partial charge in [-0.05, 0) is 61.3 Å². The van der Waals surface area contributed by atoms with E-state index in [0.717, 1.165) is 63.2 Å². The molecule has 0 unspecified atom stereocenters. The number of phenolic OH excluding ortho intramolecular Hbond substituents is 1. The molecule has 37 heavy (non-hydrogen) atoms. The molecule has 2 aliphatic rings. The van der Waals surface area contributed by atoms with Crippen molar-refractivity contribution in [3.05, 3.63) is 71.2 Å². The summed E-state index contributed by atoms with van der Waals surface area (Å²) in [5.74, 6) is -2.07. The van der Waals surface area contributed by atoms with E-state index in [9.17, 15) is 19.1 Å². The normalized spacial score (nSPS) is 16.2. The van der Waals surface area contributed by atoms with E-state index < -0.39 is 11.9 Å². The van der Waals surface area contributed by atoms with Crippen LogP contribution in [0, 0.1) is 5.82 Å². The maximum atomic E-state index is 13.3. The topological polar surface area (TPSA) is 159 Å². The third-order valence-electron chi connectivity index (χ3n) is 6.51. The Morgan fingerprint density at radius 2 is 1.62 bits per heavy atom. The lowest BCUT2D eigenvalue weighted by Gasteiger charge is -2.32. The van der Waals surface area contributed by atoms with Gasteiger partial charge >= 0.3 is 11.9 Å². The molecule has 1 aromatic heterocycles. The van der Waals surface area contributed by atoms with E-state index in [0.29, 0.717) is 29.4 Å². The minimum Gasteiger partial charge on any atom is -0.508 e. The van der Waals surface area contributed by atoms with Gasteiger partial charge in [0.15, 0.2) is 5.58 Å². The number of carboxylic acids is 2. The van der Waals surface area contributed by atoms with Crippen LogP contribution in [-0.2, 0) is 22.7 Å². The molecule has 0 saturated carbocycles. The van der Waals surface area contributed by atoms with Crippen LogP contribution >= 0.6 is 0 Å². The molecule has 0 atom stereocenters. The Morgan fingerprint density at radius 1 is 0.973 bits per heavy atom. The molecule has 1 saturated heterocycles. The molecule has 2 aliphatic heterocycles. The largest absolute Gasteiger partial charge is 0.508 e. The van der Waals surface area contributed by atoms with Crippen LogP contribution in [0.15, 0.2) is 53.1 Å². The minimum absolute atomic E-state index is 0. The van der Waals surface area contributed by atoms with Crippen molar-refractivity contribution in [1.29, 1.82) is 0 Å². The number of phenols is 1. The van der Waals surface area contributed by atoms with Crippen LogP contribution in [0.25, 0.3) is 11.0 Å². The second kappa shape index (κ2) is 12.4. The van der Waals surface area contributed by atoms with Crippen LogP contribution < -0.4 is 0 Å². The second-order valence-corrected chi connectivity index (χ2v) is 9.00. The molecule has 198 valence electrons. The number of rotatable bonds is 6. The molecule has 0 amide bonds. The number of hydrogen-bond acceptors (Lipinski definition) is 7. The monoisotopic (exact) mass is 515 g/mol. The zero-order valence-corrected chi connectivity index (χ0v) is 20.1. The van der Waals surface area contributed by atoms with E-state index in [-0.39, 0.29) is 11.3 Å². The van der Waals surface area contributed by atoms with Crippen molar-refractivity contribution in [2.24, 2.45) is 0 Å². The van der Waals surface area contributed by atoms with Crippen molar-refractivity contribution >= 4 is 22.9 Å². The summed E-state index contributed by atoms with van der Waals surface area (Å²) in [6.45, 7) is 6.06. The molecule has 11 heteroatoms. The van der Waals surface area contributed by atoms with E-state index >= 15 is 0 Å². The first-order chi connectivity index (χ1) is 17.3. The van der Waals surface area contributed by atoms with Crippen molar-refractivity contribution in [3.8, 4) is 5.75 Å². The molecule has 2 aromatic carbocycles. The summed E-state index contributed by atoms with van der Waals surface area (Å²) in [6, 6.07) is 10.4. The fourth-order valence-electron chi connectivity index (χ4n) is 4.69. The highest BCUT2D eigenvalue weighted by Crippen LogP contribution is 2.33. The van der Waals surface area contributed by atoms with Gasteiger partial charge in [-0.3, -0.25) is 4.90 Å². The van der Waals surface area contributed by atoms with Gasteiger partial charge in [-0.2, -0.15) is 0 Å². The van der Waals surface area contributed by atoms with Gasteiger partial charge in [-0.25, -0.2) is 14.0 Å². The quantitative estimate of drug-likeness (QED) is 0.420. The van der Waals surface area contributed by atoms with Gasteiger partial charge < -0.3 is 30.2 Å². The fraction of sp³-hybridized carbons (Fsp3) is 0.346. The first-order valence-electron chi connectivity index (χ1n) is 11.7. The summed E-state index contributed by atoms with van der Waals surface area (Å²) in [5.41, 5.74) is 4.08.